The minimum absolute atomic E-state index is 0.0122. The van der Waals surface area contributed by atoms with Gasteiger partial charge in [-0.3, -0.25) is 0 Å². The fourth-order valence-electron chi connectivity index (χ4n) is 2.29. The van der Waals surface area contributed by atoms with Crippen molar-refractivity contribution in [3.05, 3.63) is 83.6 Å². The van der Waals surface area contributed by atoms with Gasteiger partial charge in [-0.1, -0.05) is 60.7 Å². The van der Waals surface area contributed by atoms with E-state index in [1.807, 2.05) is 36.4 Å². The summed E-state index contributed by atoms with van der Waals surface area (Å²) in [6.07, 6.45) is 1.51. The topological polar surface area (TPSA) is 38.3 Å². The van der Waals surface area contributed by atoms with E-state index in [1.54, 1.807) is 0 Å². The normalized spacial score (nSPS) is 14.1. The lowest BCUT2D eigenvalue weighted by Crippen LogP contribution is -2.22. The monoisotopic (exact) mass is 265 g/mol. The van der Waals surface area contributed by atoms with Gasteiger partial charge in [-0.15, -0.1) is 0 Å². The Balaban J connectivity index is 1.92. The van der Waals surface area contributed by atoms with Crippen molar-refractivity contribution in [1.82, 2.24) is 5.32 Å². The van der Waals surface area contributed by atoms with Crippen molar-refractivity contribution in [1.29, 1.82) is 0 Å². The summed E-state index contributed by atoms with van der Waals surface area (Å²) in [7, 11) is 0. The Kier molecular flexibility index (Phi) is 3.50. The second-order valence-corrected chi connectivity index (χ2v) is 4.68. The molecule has 0 aliphatic carbocycles. The number of ether oxygens (including phenoxy) is 1. The predicted octanol–water partition coefficient (Wildman–Crippen LogP) is 2.81. The minimum atomic E-state index is -0.285. The third-order valence-corrected chi connectivity index (χ3v) is 3.26. The first-order chi connectivity index (χ1) is 9.83. The fourth-order valence-corrected chi connectivity index (χ4v) is 2.29. The van der Waals surface area contributed by atoms with E-state index in [2.05, 4.69) is 29.6 Å². The lowest BCUT2D eigenvalue weighted by Gasteiger charge is -2.21. The molecule has 1 heterocycles. The van der Waals surface area contributed by atoms with Gasteiger partial charge in [-0.25, -0.2) is 4.79 Å². The summed E-state index contributed by atoms with van der Waals surface area (Å²) in [5, 5.41) is 3.39. The van der Waals surface area contributed by atoms with Crippen molar-refractivity contribution in [3.63, 3.8) is 0 Å². The third-order valence-electron chi connectivity index (χ3n) is 3.26. The Bertz CT molecular complexity index is 580. The molecule has 100 valence electrons. The Labute approximate surface area is 117 Å². The van der Waals surface area contributed by atoms with Gasteiger partial charge in [0.05, 0.1) is 11.7 Å². The zero-order valence-corrected chi connectivity index (χ0v) is 11.0. The summed E-state index contributed by atoms with van der Waals surface area (Å²) in [6, 6.07) is 20.3. The smallest absolute Gasteiger partial charge is 0.333 e. The van der Waals surface area contributed by atoms with Crippen LogP contribution in [0.4, 0.5) is 0 Å². The molecular formula is C17H15NO2. The summed E-state index contributed by atoms with van der Waals surface area (Å²) >= 11 is 0. The summed E-state index contributed by atoms with van der Waals surface area (Å²) in [6.45, 7) is 0.314. The van der Waals surface area contributed by atoms with Gasteiger partial charge in [0, 0.05) is 6.08 Å². The van der Waals surface area contributed by atoms with Crippen molar-refractivity contribution in [3.8, 4) is 0 Å². The number of esters is 1. The molecule has 3 heteroatoms. The molecule has 1 aliphatic heterocycles. The van der Waals surface area contributed by atoms with Crippen LogP contribution in [-0.4, -0.2) is 12.6 Å². The Morgan fingerprint density at radius 3 is 1.90 bits per heavy atom. The fraction of sp³-hybridized carbons (Fsp3) is 0.118. The molecule has 1 N–H and O–H groups in total. The molecule has 0 saturated carbocycles. The quantitative estimate of drug-likeness (QED) is 0.864. The maximum Gasteiger partial charge on any atom is 0.333 e. The molecule has 0 amide bonds. The zero-order valence-electron chi connectivity index (χ0n) is 11.0. The SMILES string of the molecule is O=C1C=C(NC(c2ccccc2)c2ccccc2)CO1. The lowest BCUT2D eigenvalue weighted by molar-refractivity contribution is -0.134. The van der Waals surface area contributed by atoms with E-state index < -0.39 is 0 Å². The van der Waals surface area contributed by atoms with Crippen LogP contribution in [-0.2, 0) is 9.53 Å². The van der Waals surface area contributed by atoms with E-state index >= 15 is 0 Å². The molecule has 2 aromatic rings. The van der Waals surface area contributed by atoms with Crippen molar-refractivity contribution in [2.24, 2.45) is 0 Å². The third kappa shape index (κ3) is 2.72. The molecule has 0 atom stereocenters. The van der Waals surface area contributed by atoms with E-state index in [9.17, 15) is 4.79 Å². The van der Waals surface area contributed by atoms with Gasteiger partial charge in [0.2, 0.25) is 0 Å². The Morgan fingerprint density at radius 2 is 1.45 bits per heavy atom. The van der Waals surface area contributed by atoms with Gasteiger partial charge < -0.3 is 10.1 Å². The van der Waals surface area contributed by atoms with Gasteiger partial charge in [-0.05, 0) is 11.1 Å². The van der Waals surface area contributed by atoms with Crippen LogP contribution in [0.3, 0.4) is 0 Å². The number of hydrogen-bond donors (Lipinski definition) is 1. The molecular weight excluding hydrogens is 250 g/mol. The van der Waals surface area contributed by atoms with Crippen LogP contribution in [0.5, 0.6) is 0 Å². The van der Waals surface area contributed by atoms with Gasteiger partial charge in [0.15, 0.2) is 0 Å². The van der Waals surface area contributed by atoms with Crippen molar-refractivity contribution in [2.45, 2.75) is 6.04 Å². The van der Waals surface area contributed by atoms with E-state index in [-0.39, 0.29) is 12.0 Å². The molecule has 3 nitrogen and oxygen atoms in total. The second kappa shape index (κ2) is 5.61. The van der Waals surface area contributed by atoms with Crippen LogP contribution in [0, 0.1) is 0 Å². The van der Waals surface area contributed by atoms with E-state index in [1.165, 1.54) is 6.08 Å². The van der Waals surface area contributed by atoms with E-state index in [0.717, 1.165) is 16.8 Å². The predicted molar refractivity (Wildman–Crippen MR) is 76.9 cm³/mol. The summed E-state index contributed by atoms with van der Waals surface area (Å²) < 4.78 is 4.94. The van der Waals surface area contributed by atoms with Crippen LogP contribution in [0.1, 0.15) is 17.2 Å². The number of carbonyl (C=O) groups is 1. The Morgan fingerprint density at radius 1 is 0.900 bits per heavy atom. The average molecular weight is 265 g/mol. The Hall–Kier alpha value is -2.55. The molecule has 1 aliphatic rings. The molecule has 3 rings (SSSR count). The van der Waals surface area contributed by atoms with Crippen molar-refractivity contribution >= 4 is 5.97 Å². The summed E-state index contributed by atoms with van der Waals surface area (Å²) in [5.41, 5.74) is 3.12. The standard InChI is InChI=1S/C17H15NO2/c19-16-11-15(12-20-16)18-17(13-7-3-1-4-8-13)14-9-5-2-6-10-14/h1-11,17-18H,12H2. The first kappa shape index (κ1) is 12.5. The number of cyclic esters (lactones) is 1. The molecule has 0 aromatic heterocycles. The van der Waals surface area contributed by atoms with Crippen LogP contribution < -0.4 is 5.32 Å². The number of hydrogen-bond acceptors (Lipinski definition) is 3. The average Bonchev–Trinajstić information content (AvgIpc) is 2.92. The van der Waals surface area contributed by atoms with E-state index in [4.69, 9.17) is 4.74 Å². The van der Waals surface area contributed by atoms with Crippen LogP contribution in [0.15, 0.2) is 72.4 Å². The van der Waals surface area contributed by atoms with Crippen molar-refractivity contribution < 1.29 is 9.53 Å². The molecule has 0 saturated heterocycles. The highest BCUT2D eigenvalue weighted by Gasteiger charge is 2.19. The molecule has 0 fully saturated rings. The lowest BCUT2D eigenvalue weighted by atomic mass is 9.98. The maximum absolute atomic E-state index is 11.2. The minimum Gasteiger partial charge on any atom is -0.456 e. The maximum atomic E-state index is 11.2. The van der Waals surface area contributed by atoms with Gasteiger partial charge in [-0.2, -0.15) is 0 Å². The van der Waals surface area contributed by atoms with Crippen LogP contribution >= 0.6 is 0 Å². The number of benzene rings is 2. The first-order valence-electron chi connectivity index (χ1n) is 6.57. The van der Waals surface area contributed by atoms with Crippen LogP contribution in [0.2, 0.25) is 0 Å². The highest BCUT2D eigenvalue weighted by atomic mass is 16.5. The van der Waals surface area contributed by atoms with Crippen LogP contribution in [0.25, 0.3) is 0 Å². The van der Waals surface area contributed by atoms with Crippen molar-refractivity contribution in [2.75, 3.05) is 6.61 Å². The molecule has 0 spiro atoms. The van der Waals surface area contributed by atoms with Gasteiger partial charge >= 0.3 is 5.97 Å². The zero-order chi connectivity index (χ0) is 13.8. The number of rotatable bonds is 4. The second-order valence-electron chi connectivity index (χ2n) is 4.68. The molecule has 20 heavy (non-hydrogen) atoms. The van der Waals surface area contributed by atoms with Gasteiger partial charge in [0.25, 0.3) is 0 Å². The molecule has 0 bridgehead atoms. The molecule has 2 aromatic carbocycles. The highest BCUT2D eigenvalue weighted by molar-refractivity contribution is 5.85. The highest BCUT2D eigenvalue weighted by Crippen LogP contribution is 2.23. The summed E-state index contributed by atoms with van der Waals surface area (Å²) in [5.74, 6) is -0.285. The van der Waals surface area contributed by atoms with Gasteiger partial charge in [0.1, 0.15) is 6.61 Å². The summed E-state index contributed by atoms with van der Waals surface area (Å²) in [4.78, 5) is 11.2. The molecule has 0 radical (unpaired) electrons. The number of carbonyl (C=O) groups excluding carboxylic acids is 1. The van der Waals surface area contributed by atoms with E-state index in [0.29, 0.717) is 6.61 Å². The molecule has 0 unspecified atom stereocenters. The largest absolute Gasteiger partial charge is 0.456 e. The first-order valence-corrected chi connectivity index (χ1v) is 6.57. The number of nitrogens with one attached hydrogen (secondary N) is 1.